The summed E-state index contributed by atoms with van der Waals surface area (Å²) in [7, 11) is 0. The van der Waals surface area contributed by atoms with Crippen LogP contribution >= 0.6 is 0 Å². The van der Waals surface area contributed by atoms with Gasteiger partial charge in [0.25, 0.3) is 0 Å². The van der Waals surface area contributed by atoms with Gasteiger partial charge in [-0.1, -0.05) is 27.4 Å². The third kappa shape index (κ3) is 17.6. The first-order valence-corrected chi connectivity index (χ1v) is 5.51. The average Bonchev–Trinajstić information content (AvgIpc) is 1.92. The monoisotopic (exact) mass is 436 g/mol. The molecule has 0 aromatic carbocycles. The smallest absolute Gasteiger partial charge is 0.408 e. The first-order chi connectivity index (χ1) is 6.21. The molecule has 0 fully saturated rings. The van der Waals surface area contributed by atoms with Crippen molar-refractivity contribution in [1.82, 2.24) is 0 Å². The van der Waals surface area contributed by atoms with Crippen LogP contribution in [0.2, 0.25) is 0 Å². The molecule has 0 atom stereocenters. The molecule has 0 N–H and O–H groups in total. The molecule has 2 heteroatoms. The Morgan fingerprint density at radius 2 is 1.47 bits per heavy atom. The summed E-state index contributed by atoms with van der Waals surface area (Å²) < 4.78 is 5.59. The molecule has 0 heterocycles. The summed E-state index contributed by atoms with van der Waals surface area (Å²) >= 11 is 0. The Bertz CT molecular complexity index is 124. The van der Waals surface area contributed by atoms with Crippen LogP contribution in [0.1, 0.15) is 54.4 Å². The van der Waals surface area contributed by atoms with Gasteiger partial charge in [0.05, 0.1) is 5.60 Å². The van der Waals surface area contributed by atoms with E-state index in [1.165, 1.54) is 0 Å². The second-order valence-electron chi connectivity index (χ2n) is 5.86. The minimum absolute atomic E-state index is 0. The zero-order chi connectivity index (χ0) is 11.2. The third-order valence-electron chi connectivity index (χ3n) is 1.76. The van der Waals surface area contributed by atoms with E-state index in [2.05, 4.69) is 54.4 Å². The number of unbranched alkanes of at least 4 members (excludes halogenated alkanes) is 2. The van der Waals surface area contributed by atoms with E-state index in [-0.39, 0.29) is 36.7 Å². The van der Waals surface area contributed by atoms with Gasteiger partial charge in [0.2, 0.25) is 0 Å². The van der Waals surface area contributed by atoms with Crippen molar-refractivity contribution in [3.8, 4) is 0 Å². The van der Waals surface area contributed by atoms with E-state index in [9.17, 15) is 0 Å². The summed E-state index contributed by atoms with van der Waals surface area (Å²) in [5.74, 6) is 0. The molecule has 0 saturated heterocycles. The SMILES string of the molecule is CC(C)(C)[CH-]CC[CH-]COC(C)(C)C.[U+2]. The van der Waals surface area contributed by atoms with Crippen molar-refractivity contribution < 1.29 is 35.9 Å². The first kappa shape index (κ1) is 18.4. The van der Waals surface area contributed by atoms with Crippen LogP contribution in [-0.2, 0) is 4.74 Å². The molecule has 0 amide bonds. The van der Waals surface area contributed by atoms with Gasteiger partial charge in [0.1, 0.15) is 0 Å². The molecule has 0 bridgehead atoms. The maximum Gasteiger partial charge on any atom is 2.00 e. The fourth-order valence-corrected chi connectivity index (χ4v) is 1.03. The molecule has 0 aliphatic rings. The molecule has 15 heavy (non-hydrogen) atoms. The summed E-state index contributed by atoms with van der Waals surface area (Å²) in [6.45, 7) is 13.7. The maximum absolute atomic E-state index is 5.59. The Kier molecular flexibility index (Phi) is 9.99. The summed E-state index contributed by atoms with van der Waals surface area (Å²) in [4.78, 5) is 0. The number of hydrogen-bond donors (Lipinski definition) is 0. The van der Waals surface area contributed by atoms with E-state index in [1.807, 2.05) is 0 Å². The molecule has 0 aromatic rings. The van der Waals surface area contributed by atoms with Gasteiger partial charge < -0.3 is 17.6 Å². The van der Waals surface area contributed by atoms with Crippen LogP contribution < -0.4 is 0 Å². The molecule has 88 valence electrons. The molecule has 0 unspecified atom stereocenters. The average molecular weight is 436 g/mol. The molecule has 1 nitrogen and oxygen atoms in total. The molecule has 0 aliphatic carbocycles. The summed E-state index contributed by atoms with van der Waals surface area (Å²) in [5.41, 5.74) is 0.336. The molecule has 0 aromatic heterocycles. The fraction of sp³-hybridized carbons (Fsp3) is 0.846. The topological polar surface area (TPSA) is 9.23 Å². The molecular weight excluding hydrogens is 410 g/mol. The Morgan fingerprint density at radius 1 is 0.933 bits per heavy atom. The van der Waals surface area contributed by atoms with Crippen LogP contribution in [0.3, 0.4) is 0 Å². The first-order valence-electron chi connectivity index (χ1n) is 5.51. The van der Waals surface area contributed by atoms with Crippen LogP contribution in [0.25, 0.3) is 0 Å². The quantitative estimate of drug-likeness (QED) is 0.467. The molecule has 0 saturated carbocycles. The minimum atomic E-state index is -0.00968. The predicted octanol–water partition coefficient (Wildman–Crippen LogP) is 4.04. The Hall–Kier alpha value is 1.01. The maximum atomic E-state index is 5.59. The van der Waals surface area contributed by atoms with Gasteiger partial charge in [-0.25, -0.2) is 12.8 Å². The van der Waals surface area contributed by atoms with Crippen LogP contribution in [0, 0.1) is 49.4 Å². The van der Waals surface area contributed by atoms with Gasteiger partial charge in [-0.05, 0) is 20.8 Å². The van der Waals surface area contributed by atoms with E-state index in [0.29, 0.717) is 5.41 Å². The second-order valence-corrected chi connectivity index (χ2v) is 5.86. The number of ether oxygens (including phenoxy) is 1. The molecule has 0 spiro atoms. The Balaban J connectivity index is 0. The van der Waals surface area contributed by atoms with Gasteiger partial charge in [-0.2, -0.15) is 5.41 Å². The molecule has 0 radical (unpaired) electrons. The zero-order valence-electron chi connectivity index (χ0n) is 11.2. The van der Waals surface area contributed by atoms with Crippen molar-refractivity contribution in [2.75, 3.05) is 6.61 Å². The van der Waals surface area contributed by atoms with Crippen LogP contribution in [-0.4, -0.2) is 12.2 Å². The van der Waals surface area contributed by atoms with E-state index in [0.717, 1.165) is 19.4 Å². The van der Waals surface area contributed by atoms with Gasteiger partial charge in [-0.3, -0.25) is 0 Å². The molecular formula is C13H26OU. The molecule has 0 rings (SSSR count). The largest absolute Gasteiger partial charge is 2.00 e. The van der Waals surface area contributed by atoms with E-state index < -0.39 is 0 Å². The Morgan fingerprint density at radius 3 is 1.87 bits per heavy atom. The van der Waals surface area contributed by atoms with E-state index in [4.69, 9.17) is 4.74 Å². The number of rotatable bonds is 5. The van der Waals surface area contributed by atoms with Crippen molar-refractivity contribution in [3.05, 3.63) is 12.8 Å². The second kappa shape index (κ2) is 8.15. The predicted molar refractivity (Wildman–Crippen MR) is 63.0 cm³/mol. The summed E-state index contributed by atoms with van der Waals surface area (Å²) in [6, 6.07) is 0. The van der Waals surface area contributed by atoms with E-state index in [1.54, 1.807) is 0 Å². The standard InChI is InChI=1S/C13H26O.U/c1-12(2,3)10-8-7-9-11-14-13(4,5)6;/h9-10H,7-8,11H2,1-6H3;/q-2;+2. The minimum Gasteiger partial charge on any atom is -0.408 e. The third-order valence-corrected chi connectivity index (χ3v) is 1.76. The van der Waals surface area contributed by atoms with Crippen LogP contribution in [0.15, 0.2) is 0 Å². The number of hydrogen-bond acceptors (Lipinski definition) is 1. The zero-order valence-corrected chi connectivity index (χ0v) is 15.3. The van der Waals surface area contributed by atoms with Crippen molar-refractivity contribution in [2.24, 2.45) is 5.41 Å². The van der Waals surface area contributed by atoms with Crippen molar-refractivity contribution in [3.63, 3.8) is 0 Å². The van der Waals surface area contributed by atoms with E-state index >= 15 is 0 Å². The van der Waals surface area contributed by atoms with Gasteiger partial charge in [0, 0.05) is 0 Å². The van der Waals surface area contributed by atoms with Crippen LogP contribution in [0.4, 0.5) is 0 Å². The van der Waals surface area contributed by atoms with Crippen molar-refractivity contribution in [1.29, 1.82) is 0 Å². The van der Waals surface area contributed by atoms with Gasteiger partial charge in [0.15, 0.2) is 0 Å². The summed E-state index contributed by atoms with van der Waals surface area (Å²) in [5, 5.41) is 0. The normalized spacial score (nSPS) is 12.4. The van der Waals surface area contributed by atoms with Gasteiger partial charge in [-0.15, -0.1) is 0 Å². The fourth-order valence-electron chi connectivity index (χ4n) is 1.03. The summed E-state index contributed by atoms with van der Waals surface area (Å²) in [6.07, 6.45) is 6.85. The Labute approximate surface area is 120 Å². The molecule has 0 aliphatic heterocycles. The van der Waals surface area contributed by atoms with Crippen molar-refractivity contribution >= 4 is 0 Å². The van der Waals surface area contributed by atoms with Crippen LogP contribution in [0.5, 0.6) is 0 Å². The van der Waals surface area contributed by atoms with Crippen molar-refractivity contribution in [2.45, 2.75) is 60.0 Å². The van der Waals surface area contributed by atoms with Gasteiger partial charge >= 0.3 is 31.1 Å².